The van der Waals surface area contributed by atoms with Crippen LogP contribution in [0.3, 0.4) is 0 Å². The number of rotatable bonds is 3. The van der Waals surface area contributed by atoms with Gasteiger partial charge in [0.05, 0.1) is 11.8 Å². The number of anilines is 1. The van der Waals surface area contributed by atoms with Gasteiger partial charge in [0.25, 0.3) is 5.91 Å². The molecule has 0 aromatic carbocycles. The molecule has 7 nitrogen and oxygen atoms in total. The average Bonchev–Trinajstić information content (AvgIpc) is 3.10. The van der Waals surface area contributed by atoms with Crippen molar-refractivity contribution in [1.29, 1.82) is 0 Å². The minimum Gasteiger partial charge on any atom is -0.343 e. The molecule has 0 bridgehead atoms. The van der Waals surface area contributed by atoms with Gasteiger partial charge in [-0.2, -0.15) is 9.47 Å². The van der Waals surface area contributed by atoms with E-state index >= 15 is 0 Å². The first-order valence-electron chi connectivity index (χ1n) is 8.00. The Kier molecular flexibility index (Phi) is 3.56. The second-order valence-corrected chi connectivity index (χ2v) is 7.14. The summed E-state index contributed by atoms with van der Waals surface area (Å²) in [6.45, 7) is 4.39. The predicted octanol–water partition coefficient (Wildman–Crippen LogP) is 1.50. The molecule has 8 heteroatoms. The lowest BCUT2D eigenvalue weighted by atomic mass is 10.1. The van der Waals surface area contributed by atoms with E-state index in [1.54, 1.807) is 17.1 Å². The molecule has 0 radical (unpaired) electrons. The minimum absolute atomic E-state index is 0.0567. The summed E-state index contributed by atoms with van der Waals surface area (Å²) in [4.78, 5) is 21.5. The Labute approximate surface area is 139 Å². The van der Waals surface area contributed by atoms with E-state index in [1.807, 2.05) is 11.9 Å². The molecule has 4 rings (SSSR count). The molecule has 1 amide bonds. The van der Waals surface area contributed by atoms with Gasteiger partial charge in [-0.25, -0.2) is 4.98 Å². The first-order chi connectivity index (χ1) is 11.1. The second kappa shape index (κ2) is 5.59. The number of piperazine rings is 1. The molecule has 1 aliphatic heterocycles. The van der Waals surface area contributed by atoms with Crippen molar-refractivity contribution in [3.05, 3.63) is 23.8 Å². The van der Waals surface area contributed by atoms with Crippen molar-refractivity contribution in [2.45, 2.75) is 31.7 Å². The fraction of sp³-hybridized carbons (Fsp3) is 0.600. The smallest absolute Gasteiger partial charge is 0.257 e. The summed E-state index contributed by atoms with van der Waals surface area (Å²) in [5.74, 6) is 1.65. The largest absolute Gasteiger partial charge is 0.343 e. The minimum atomic E-state index is 0.0567. The molecule has 23 heavy (non-hydrogen) atoms. The maximum absolute atomic E-state index is 12.6. The summed E-state index contributed by atoms with van der Waals surface area (Å²) in [5.41, 5.74) is 0.653. The Bertz CT molecular complexity index is 721. The number of aryl methyl sites for hydroxylation is 1. The van der Waals surface area contributed by atoms with Crippen LogP contribution in [0.4, 0.5) is 5.13 Å². The molecule has 2 aromatic rings. The van der Waals surface area contributed by atoms with Crippen LogP contribution in [-0.4, -0.2) is 55.6 Å². The van der Waals surface area contributed by atoms with Gasteiger partial charge in [0.2, 0.25) is 5.13 Å². The topological polar surface area (TPSA) is 67.2 Å². The molecule has 2 aromatic heterocycles. The van der Waals surface area contributed by atoms with Gasteiger partial charge in [0.1, 0.15) is 5.82 Å². The summed E-state index contributed by atoms with van der Waals surface area (Å²) < 4.78 is 6.14. The molecule has 1 saturated carbocycles. The van der Waals surface area contributed by atoms with E-state index in [2.05, 4.69) is 26.3 Å². The molecule has 2 fully saturated rings. The molecular formula is C15H20N6OS. The monoisotopic (exact) mass is 332 g/mol. The molecular weight excluding hydrogens is 312 g/mol. The van der Waals surface area contributed by atoms with Gasteiger partial charge < -0.3 is 9.80 Å². The number of hydrogen-bond acceptors (Lipinski definition) is 6. The molecule has 1 saturated heterocycles. The van der Waals surface area contributed by atoms with Crippen LogP contribution in [0.15, 0.2) is 12.4 Å². The van der Waals surface area contributed by atoms with Gasteiger partial charge in [-0.15, -0.1) is 0 Å². The highest BCUT2D eigenvalue weighted by Gasteiger charge is 2.32. The SMILES string of the molecule is CC1CN(c2nc(C3CC3)ns2)CCN1C(=O)c1cnn(C)c1. The van der Waals surface area contributed by atoms with Crippen LogP contribution in [0.25, 0.3) is 0 Å². The molecule has 0 N–H and O–H groups in total. The lowest BCUT2D eigenvalue weighted by Gasteiger charge is -2.39. The van der Waals surface area contributed by atoms with Crippen molar-refractivity contribution < 1.29 is 4.79 Å². The lowest BCUT2D eigenvalue weighted by Crippen LogP contribution is -2.54. The lowest BCUT2D eigenvalue weighted by molar-refractivity contribution is 0.0674. The van der Waals surface area contributed by atoms with Crippen molar-refractivity contribution in [2.75, 3.05) is 24.5 Å². The standard InChI is InChI=1S/C15H20N6OS/c1-10-8-20(15-17-13(18-23-15)11-3-4-11)5-6-21(10)14(22)12-7-16-19(2)9-12/h7,9-11H,3-6,8H2,1-2H3. The van der Waals surface area contributed by atoms with E-state index < -0.39 is 0 Å². The summed E-state index contributed by atoms with van der Waals surface area (Å²) >= 11 is 1.48. The van der Waals surface area contributed by atoms with E-state index in [0.717, 1.165) is 24.0 Å². The first kappa shape index (κ1) is 14.6. The van der Waals surface area contributed by atoms with Crippen LogP contribution in [0.5, 0.6) is 0 Å². The molecule has 1 unspecified atom stereocenters. The number of amides is 1. The number of carbonyl (C=O) groups is 1. The maximum Gasteiger partial charge on any atom is 0.257 e. The zero-order valence-electron chi connectivity index (χ0n) is 13.3. The fourth-order valence-corrected chi connectivity index (χ4v) is 3.77. The molecule has 1 aliphatic carbocycles. The molecule has 3 heterocycles. The Morgan fingerprint density at radius 1 is 1.35 bits per heavy atom. The van der Waals surface area contributed by atoms with Crippen molar-refractivity contribution in [3.63, 3.8) is 0 Å². The van der Waals surface area contributed by atoms with Crippen LogP contribution in [-0.2, 0) is 7.05 Å². The van der Waals surface area contributed by atoms with Crippen LogP contribution < -0.4 is 4.90 Å². The van der Waals surface area contributed by atoms with Crippen molar-refractivity contribution >= 4 is 22.6 Å². The third-order valence-electron chi connectivity index (χ3n) is 4.48. The number of carbonyl (C=O) groups excluding carboxylic acids is 1. The Morgan fingerprint density at radius 3 is 2.83 bits per heavy atom. The van der Waals surface area contributed by atoms with Gasteiger partial charge in [0, 0.05) is 56.4 Å². The van der Waals surface area contributed by atoms with E-state index in [4.69, 9.17) is 0 Å². The number of aromatic nitrogens is 4. The van der Waals surface area contributed by atoms with Crippen molar-refractivity contribution in [1.82, 2.24) is 24.0 Å². The van der Waals surface area contributed by atoms with E-state index in [0.29, 0.717) is 18.0 Å². The highest BCUT2D eigenvalue weighted by atomic mass is 32.1. The Morgan fingerprint density at radius 2 is 2.17 bits per heavy atom. The van der Waals surface area contributed by atoms with Gasteiger partial charge in [0.15, 0.2) is 0 Å². The highest BCUT2D eigenvalue weighted by molar-refractivity contribution is 7.09. The quantitative estimate of drug-likeness (QED) is 0.852. The van der Waals surface area contributed by atoms with Crippen LogP contribution in [0, 0.1) is 0 Å². The Hall–Kier alpha value is -1.96. The fourth-order valence-electron chi connectivity index (χ4n) is 2.99. The van der Waals surface area contributed by atoms with Gasteiger partial charge in [-0.3, -0.25) is 9.48 Å². The summed E-state index contributed by atoms with van der Waals surface area (Å²) in [6, 6.07) is 0.143. The van der Waals surface area contributed by atoms with Gasteiger partial charge in [-0.05, 0) is 19.8 Å². The zero-order chi connectivity index (χ0) is 16.0. The van der Waals surface area contributed by atoms with Gasteiger partial charge >= 0.3 is 0 Å². The third-order valence-corrected chi connectivity index (χ3v) is 5.28. The van der Waals surface area contributed by atoms with E-state index in [1.165, 1.54) is 24.4 Å². The van der Waals surface area contributed by atoms with E-state index in [-0.39, 0.29) is 11.9 Å². The van der Waals surface area contributed by atoms with Crippen molar-refractivity contribution in [2.24, 2.45) is 7.05 Å². The number of nitrogens with zero attached hydrogens (tertiary/aromatic N) is 6. The molecule has 122 valence electrons. The second-order valence-electron chi connectivity index (χ2n) is 6.41. The van der Waals surface area contributed by atoms with Gasteiger partial charge in [-0.1, -0.05) is 0 Å². The molecule has 1 atom stereocenters. The summed E-state index contributed by atoms with van der Waals surface area (Å²) in [5, 5.41) is 5.08. The maximum atomic E-state index is 12.6. The zero-order valence-corrected chi connectivity index (χ0v) is 14.2. The number of hydrogen-bond donors (Lipinski definition) is 0. The van der Waals surface area contributed by atoms with E-state index in [9.17, 15) is 4.79 Å². The van der Waals surface area contributed by atoms with Crippen LogP contribution in [0.2, 0.25) is 0 Å². The predicted molar refractivity (Wildman–Crippen MR) is 87.8 cm³/mol. The third kappa shape index (κ3) is 2.83. The van der Waals surface area contributed by atoms with Crippen LogP contribution in [0.1, 0.15) is 41.9 Å². The average molecular weight is 332 g/mol. The van der Waals surface area contributed by atoms with Crippen molar-refractivity contribution in [3.8, 4) is 0 Å². The Balaban J connectivity index is 1.43. The summed E-state index contributed by atoms with van der Waals surface area (Å²) in [6.07, 6.45) is 5.85. The highest BCUT2D eigenvalue weighted by Crippen LogP contribution is 2.39. The van der Waals surface area contributed by atoms with Crippen LogP contribution >= 0.6 is 11.5 Å². The molecule has 2 aliphatic rings. The normalized spacial score (nSPS) is 21.7. The molecule has 0 spiro atoms. The first-order valence-corrected chi connectivity index (χ1v) is 8.77. The summed E-state index contributed by atoms with van der Waals surface area (Å²) in [7, 11) is 1.82.